The fourth-order valence-electron chi connectivity index (χ4n) is 2.53. The maximum Gasteiger partial charge on any atom is 0.131 e. The van der Waals surface area contributed by atoms with Crippen molar-refractivity contribution in [1.29, 1.82) is 0 Å². The van der Waals surface area contributed by atoms with Gasteiger partial charge in [0.2, 0.25) is 0 Å². The minimum atomic E-state index is 0.610. The van der Waals surface area contributed by atoms with E-state index in [-0.39, 0.29) is 0 Å². The molecule has 0 unspecified atom stereocenters. The summed E-state index contributed by atoms with van der Waals surface area (Å²) in [7, 11) is 1.93. The highest BCUT2D eigenvalue weighted by atomic mass is 15.0. The van der Waals surface area contributed by atoms with E-state index in [2.05, 4.69) is 30.2 Å². The van der Waals surface area contributed by atoms with Crippen LogP contribution in [-0.4, -0.2) is 17.0 Å². The van der Waals surface area contributed by atoms with Gasteiger partial charge in [0.1, 0.15) is 11.6 Å². The van der Waals surface area contributed by atoms with Crippen molar-refractivity contribution in [3.05, 3.63) is 17.6 Å². The molecular weight excluding hydrogens is 210 g/mol. The smallest absolute Gasteiger partial charge is 0.131 e. The zero-order chi connectivity index (χ0) is 12.3. The molecule has 0 amide bonds. The maximum atomic E-state index is 4.75. The van der Waals surface area contributed by atoms with Crippen LogP contribution in [0, 0.1) is 5.92 Å². The van der Waals surface area contributed by atoms with Crippen LogP contribution in [0.25, 0.3) is 0 Å². The third-order valence-corrected chi connectivity index (χ3v) is 3.41. The molecule has 0 aromatic carbocycles. The molecule has 0 radical (unpaired) electrons. The van der Waals surface area contributed by atoms with Crippen LogP contribution in [0.3, 0.4) is 0 Å². The number of rotatable bonds is 4. The number of nitrogens with one attached hydrogen (secondary N) is 1. The molecule has 1 saturated carbocycles. The normalized spacial score (nSPS) is 16.7. The van der Waals surface area contributed by atoms with Crippen LogP contribution in [0.1, 0.15) is 57.0 Å². The van der Waals surface area contributed by atoms with Crippen molar-refractivity contribution in [2.75, 3.05) is 12.4 Å². The van der Waals surface area contributed by atoms with Crippen molar-refractivity contribution >= 4 is 5.82 Å². The molecule has 1 aliphatic carbocycles. The van der Waals surface area contributed by atoms with Gasteiger partial charge in [0.15, 0.2) is 0 Å². The molecule has 1 heterocycles. The second kappa shape index (κ2) is 5.48. The lowest BCUT2D eigenvalue weighted by Gasteiger charge is -2.13. The average molecular weight is 233 g/mol. The lowest BCUT2D eigenvalue weighted by Crippen LogP contribution is -2.08. The van der Waals surface area contributed by atoms with Crippen LogP contribution < -0.4 is 5.32 Å². The molecule has 1 aromatic heterocycles. The Morgan fingerprint density at radius 2 is 2.00 bits per heavy atom. The number of anilines is 1. The molecule has 17 heavy (non-hydrogen) atoms. The topological polar surface area (TPSA) is 37.8 Å². The van der Waals surface area contributed by atoms with Crippen LogP contribution in [-0.2, 0) is 6.42 Å². The van der Waals surface area contributed by atoms with E-state index in [0.29, 0.717) is 11.8 Å². The molecule has 0 spiro atoms. The molecular formula is C14H23N3. The molecule has 94 valence electrons. The standard InChI is InChI=1S/C14H23N3/c1-10(2)8-14-16-12(9-13(15-3)17-14)11-6-4-5-7-11/h9-11H,4-8H2,1-3H3,(H,15,16,17). The molecule has 1 aliphatic rings. The maximum absolute atomic E-state index is 4.75. The Balaban J connectivity index is 2.24. The van der Waals surface area contributed by atoms with Crippen molar-refractivity contribution in [3.63, 3.8) is 0 Å². The summed E-state index contributed by atoms with van der Waals surface area (Å²) in [5, 5.41) is 3.15. The van der Waals surface area contributed by atoms with E-state index in [9.17, 15) is 0 Å². The third-order valence-electron chi connectivity index (χ3n) is 3.41. The lowest BCUT2D eigenvalue weighted by atomic mass is 10.0. The zero-order valence-corrected chi connectivity index (χ0v) is 11.2. The van der Waals surface area contributed by atoms with Gasteiger partial charge >= 0.3 is 0 Å². The highest BCUT2D eigenvalue weighted by Crippen LogP contribution is 2.33. The van der Waals surface area contributed by atoms with E-state index in [0.717, 1.165) is 18.1 Å². The highest BCUT2D eigenvalue weighted by molar-refractivity contribution is 5.36. The predicted octanol–water partition coefficient (Wildman–Crippen LogP) is 3.37. The molecule has 0 aliphatic heterocycles. The lowest BCUT2D eigenvalue weighted by molar-refractivity contribution is 0.608. The quantitative estimate of drug-likeness (QED) is 0.866. The Morgan fingerprint density at radius 1 is 1.29 bits per heavy atom. The molecule has 1 fully saturated rings. The van der Waals surface area contributed by atoms with Gasteiger partial charge in [0.25, 0.3) is 0 Å². The summed E-state index contributed by atoms with van der Waals surface area (Å²) in [5.41, 5.74) is 1.25. The number of aromatic nitrogens is 2. The Hall–Kier alpha value is -1.12. The van der Waals surface area contributed by atoms with Gasteiger partial charge in [-0.05, 0) is 18.8 Å². The van der Waals surface area contributed by atoms with E-state index in [1.807, 2.05) is 7.05 Å². The first-order valence-corrected chi connectivity index (χ1v) is 6.74. The van der Waals surface area contributed by atoms with Crippen LogP contribution >= 0.6 is 0 Å². The van der Waals surface area contributed by atoms with Gasteiger partial charge in [-0.1, -0.05) is 26.7 Å². The van der Waals surface area contributed by atoms with Gasteiger partial charge < -0.3 is 5.32 Å². The summed E-state index contributed by atoms with van der Waals surface area (Å²) >= 11 is 0. The summed E-state index contributed by atoms with van der Waals surface area (Å²) in [6.45, 7) is 4.43. The van der Waals surface area contributed by atoms with E-state index in [4.69, 9.17) is 4.98 Å². The van der Waals surface area contributed by atoms with Crippen molar-refractivity contribution < 1.29 is 0 Å². The molecule has 1 N–H and O–H groups in total. The van der Waals surface area contributed by atoms with Crippen LogP contribution in [0.5, 0.6) is 0 Å². The number of nitrogens with zero attached hydrogens (tertiary/aromatic N) is 2. The summed E-state index contributed by atoms with van der Waals surface area (Å²) in [5.74, 6) is 3.24. The molecule has 3 nitrogen and oxygen atoms in total. The second-order valence-electron chi connectivity index (χ2n) is 5.42. The zero-order valence-electron chi connectivity index (χ0n) is 11.2. The first-order valence-electron chi connectivity index (χ1n) is 6.74. The Labute approximate surface area is 104 Å². The van der Waals surface area contributed by atoms with Crippen molar-refractivity contribution in [2.24, 2.45) is 5.92 Å². The molecule has 1 aromatic rings. The van der Waals surface area contributed by atoms with E-state index in [1.54, 1.807) is 0 Å². The van der Waals surface area contributed by atoms with Crippen LogP contribution in [0.4, 0.5) is 5.82 Å². The van der Waals surface area contributed by atoms with Gasteiger partial charge in [0, 0.05) is 31.1 Å². The van der Waals surface area contributed by atoms with E-state index < -0.39 is 0 Å². The summed E-state index contributed by atoms with van der Waals surface area (Å²) < 4.78 is 0. The van der Waals surface area contributed by atoms with Gasteiger partial charge in [-0.15, -0.1) is 0 Å². The Morgan fingerprint density at radius 3 is 2.59 bits per heavy atom. The van der Waals surface area contributed by atoms with E-state index in [1.165, 1.54) is 31.4 Å². The van der Waals surface area contributed by atoms with Crippen LogP contribution in [0.2, 0.25) is 0 Å². The van der Waals surface area contributed by atoms with E-state index >= 15 is 0 Å². The Bertz CT molecular complexity index is 368. The number of hydrogen-bond acceptors (Lipinski definition) is 3. The first-order chi connectivity index (χ1) is 8.19. The highest BCUT2D eigenvalue weighted by Gasteiger charge is 2.19. The second-order valence-corrected chi connectivity index (χ2v) is 5.42. The molecule has 3 heteroatoms. The third kappa shape index (κ3) is 3.18. The summed E-state index contributed by atoms with van der Waals surface area (Å²) in [6.07, 6.45) is 6.25. The van der Waals surface area contributed by atoms with Crippen molar-refractivity contribution in [3.8, 4) is 0 Å². The minimum Gasteiger partial charge on any atom is -0.373 e. The van der Waals surface area contributed by atoms with Crippen molar-refractivity contribution in [2.45, 2.75) is 51.9 Å². The van der Waals surface area contributed by atoms with Gasteiger partial charge in [-0.3, -0.25) is 0 Å². The van der Waals surface area contributed by atoms with Crippen molar-refractivity contribution in [1.82, 2.24) is 9.97 Å². The van der Waals surface area contributed by atoms with Gasteiger partial charge in [-0.25, -0.2) is 9.97 Å². The molecule has 2 rings (SSSR count). The largest absolute Gasteiger partial charge is 0.373 e. The fraction of sp³-hybridized carbons (Fsp3) is 0.714. The summed E-state index contributed by atoms with van der Waals surface area (Å²) in [4.78, 5) is 9.29. The molecule has 0 saturated heterocycles. The monoisotopic (exact) mass is 233 g/mol. The average Bonchev–Trinajstić information content (AvgIpc) is 2.81. The fourth-order valence-corrected chi connectivity index (χ4v) is 2.53. The predicted molar refractivity (Wildman–Crippen MR) is 71.3 cm³/mol. The first kappa shape index (κ1) is 12.3. The van der Waals surface area contributed by atoms with Gasteiger partial charge in [-0.2, -0.15) is 0 Å². The SMILES string of the molecule is CNc1cc(C2CCCC2)nc(CC(C)C)n1. The summed E-state index contributed by atoms with van der Waals surface area (Å²) in [6, 6.07) is 2.12. The molecule has 0 bridgehead atoms. The van der Waals surface area contributed by atoms with Gasteiger partial charge in [0.05, 0.1) is 0 Å². The molecule has 0 atom stereocenters. The number of hydrogen-bond donors (Lipinski definition) is 1. The van der Waals surface area contributed by atoms with Crippen LogP contribution in [0.15, 0.2) is 6.07 Å². The minimum absolute atomic E-state index is 0.610. The Kier molecular flexibility index (Phi) is 3.97.